The Labute approximate surface area is 187 Å². The number of nitrogens with zero attached hydrogens (tertiary/aromatic N) is 3. The molecule has 0 saturated carbocycles. The van der Waals surface area contributed by atoms with Crippen molar-refractivity contribution in [3.8, 4) is 11.5 Å². The lowest BCUT2D eigenvalue weighted by Gasteiger charge is -2.26. The van der Waals surface area contributed by atoms with Crippen LogP contribution in [0.1, 0.15) is 54.1 Å². The number of carbonyl (C=O) groups excluding carboxylic acids is 1. The summed E-state index contributed by atoms with van der Waals surface area (Å²) >= 11 is 0. The van der Waals surface area contributed by atoms with E-state index in [9.17, 15) is 13.2 Å². The van der Waals surface area contributed by atoms with E-state index in [0.29, 0.717) is 19.0 Å². The van der Waals surface area contributed by atoms with Crippen LogP contribution in [0.3, 0.4) is 0 Å². The predicted molar refractivity (Wildman–Crippen MR) is 117 cm³/mol. The van der Waals surface area contributed by atoms with Gasteiger partial charge >= 0.3 is 5.97 Å². The van der Waals surface area contributed by atoms with E-state index in [-0.39, 0.29) is 16.3 Å². The van der Waals surface area contributed by atoms with Gasteiger partial charge in [0.05, 0.1) is 10.5 Å². The lowest BCUT2D eigenvalue weighted by Crippen LogP contribution is -2.35. The molecule has 1 fully saturated rings. The van der Waals surface area contributed by atoms with Crippen LogP contribution in [0, 0.1) is 6.92 Å². The van der Waals surface area contributed by atoms with E-state index < -0.39 is 22.1 Å². The average Bonchev–Trinajstić information content (AvgIpc) is 3.31. The second kappa shape index (κ2) is 9.22. The first-order valence-electron chi connectivity index (χ1n) is 10.6. The molecule has 8 nitrogen and oxygen atoms in total. The first-order chi connectivity index (χ1) is 15.3. The van der Waals surface area contributed by atoms with E-state index in [2.05, 4.69) is 10.2 Å². The summed E-state index contributed by atoms with van der Waals surface area (Å²) in [6.45, 7) is 4.60. The van der Waals surface area contributed by atoms with Gasteiger partial charge in [0.15, 0.2) is 6.10 Å². The molecule has 1 atom stereocenters. The third-order valence-electron chi connectivity index (χ3n) is 5.39. The molecule has 3 aromatic rings. The van der Waals surface area contributed by atoms with Crippen LogP contribution in [0.25, 0.3) is 11.5 Å². The average molecular weight is 456 g/mol. The number of ether oxygens (including phenoxy) is 1. The Morgan fingerprint density at radius 1 is 1.06 bits per heavy atom. The van der Waals surface area contributed by atoms with Crippen molar-refractivity contribution in [2.24, 2.45) is 0 Å². The molecule has 0 amide bonds. The van der Waals surface area contributed by atoms with Crippen LogP contribution in [-0.4, -0.2) is 42.0 Å². The van der Waals surface area contributed by atoms with Crippen molar-refractivity contribution in [3.05, 3.63) is 65.5 Å². The molecule has 0 N–H and O–H groups in total. The third kappa shape index (κ3) is 4.73. The summed E-state index contributed by atoms with van der Waals surface area (Å²) in [5.74, 6) is -0.174. The molecule has 1 aliphatic heterocycles. The van der Waals surface area contributed by atoms with Crippen LogP contribution in [0.2, 0.25) is 0 Å². The molecule has 4 rings (SSSR count). The van der Waals surface area contributed by atoms with Crippen molar-refractivity contribution in [1.82, 2.24) is 14.5 Å². The number of benzene rings is 2. The van der Waals surface area contributed by atoms with Crippen LogP contribution in [0.15, 0.2) is 57.8 Å². The molecule has 0 radical (unpaired) electrons. The van der Waals surface area contributed by atoms with Crippen molar-refractivity contribution in [1.29, 1.82) is 0 Å². The van der Waals surface area contributed by atoms with Gasteiger partial charge in [-0.25, -0.2) is 13.2 Å². The maximum absolute atomic E-state index is 12.9. The van der Waals surface area contributed by atoms with Gasteiger partial charge in [-0.15, -0.1) is 10.2 Å². The zero-order valence-electron chi connectivity index (χ0n) is 18.0. The third-order valence-corrected chi connectivity index (χ3v) is 7.29. The number of carbonyl (C=O) groups is 1. The fourth-order valence-corrected chi connectivity index (χ4v) is 5.09. The summed E-state index contributed by atoms with van der Waals surface area (Å²) in [5.41, 5.74) is 2.03. The highest BCUT2D eigenvalue weighted by molar-refractivity contribution is 7.89. The van der Waals surface area contributed by atoms with Gasteiger partial charge in [0, 0.05) is 18.7 Å². The summed E-state index contributed by atoms with van der Waals surface area (Å²) in [4.78, 5) is 12.8. The fraction of sp³-hybridized carbons (Fsp3) is 0.348. The zero-order valence-corrected chi connectivity index (χ0v) is 18.8. The summed E-state index contributed by atoms with van der Waals surface area (Å²) in [5, 5.41) is 8.01. The minimum absolute atomic E-state index is 0.0842. The maximum Gasteiger partial charge on any atom is 0.338 e. The SMILES string of the molecule is Cc1ccc(-c2nnc([C@H](C)OC(=O)c3cccc(S(=O)(=O)N4CCCCC4)c3)o2)cc1. The Morgan fingerprint density at radius 3 is 2.50 bits per heavy atom. The van der Waals surface area contributed by atoms with Crippen LogP contribution in [0.4, 0.5) is 0 Å². The molecule has 0 bridgehead atoms. The summed E-state index contributed by atoms with van der Waals surface area (Å²) in [6.07, 6.45) is 1.91. The molecule has 1 aromatic heterocycles. The lowest BCUT2D eigenvalue weighted by molar-refractivity contribution is 0.0279. The Balaban J connectivity index is 1.47. The van der Waals surface area contributed by atoms with Crippen molar-refractivity contribution in [2.45, 2.75) is 44.1 Å². The van der Waals surface area contributed by atoms with E-state index >= 15 is 0 Å². The second-order valence-electron chi connectivity index (χ2n) is 7.85. The molecular weight excluding hydrogens is 430 g/mol. The maximum atomic E-state index is 12.9. The lowest BCUT2D eigenvalue weighted by atomic mass is 10.1. The monoisotopic (exact) mass is 455 g/mol. The molecule has 0 unspecified atom stereocenters. The highest BCUT2D eigenvalue weighted by Crippen LogP contribution is 2.25. The highest BCUT2D eigenvalue weighted by Gasteiger charge is 2.27. The predicted octanol–water partition coefficient (Wildman–Crippen LogP) is 4.14. The van der Waals surface area contributed by atoms with Crippen molar-refractivity contribution < 1.29 is 22.4 Å². The molecule has 2 heterocycles. The Bertz CT molecular complexity index is 1200. The van der Waals surface area contributed by atoms with Crippen LogP contribution in [-0.2, 0) is 14.8 Å². The number of hydrogen-bond acceptors (Lipinski definition) is 7. The summed E-state index contributed by atoms with van der Waals surface area (Å²) < 4.78 is 38.4. The molecule has 1 saturated heterocycles. The number of sulfonamides is 1. The zero-order chi connectivity index (χ0) is 22.7. The Kier molecular flexibility index (Phi) is 6.38. The van der Waals surface area contributed by atoms with Gasteiger partial charge in [0.25, 0.3) is 5.89 Å². The van der Waals surface area contributed by atoms with Gasteiger partial charge in [0.2, 0.25) is 15.9 Å². The molecule has 0 spiro atoms. The van der Waals surface area contributed by atoms with E-state index in [1.165, 1.54) is 22.5 Å². The topological polar surface area (TPSA) is 103 Å². The van der Waals surface area contributed by atoms with Crippen molar-refractivity contribution in [2.75, 3.05) is 13.1 Å². The van der Waals surface area contributed by atoms with Gasteiger partial charge in [-0.2, -0.15) is 4.31 Å². The molecule has 9 heteroatoms. The number of rotatable bonds is 6. The standard InChI is InChI=1S/C23H25N3O5S/c1-16-9-11-18(12-10-16)22-25-24-21(31-22)17(2)30-23(27)19-7-6-8-20(15-19)32(28,29)26-13-4-3-5-14-26/h6-12,15,17H,3-5,13-14H2,1-2H3/t17-/m0/s1. The van der Waals surface area contributed by atoms with E-state index in [0.717, 1.165) is 30.4 Å². The molecule has 0 aliphatic carbocycles. The van der Waals surface area contributed by atoms with Gasteiger partial charge in [-0.1, -0.05) is 30.2 Å². The number of aryl methyl sites for hydroxylation is 1. The Hall–Kier alpha value is -3.04. The minimum Gasteiger partial charge on any atom is -0.449 e. The van der Waals surface area contributed by atoms with E-state index in [4.69, 9.17) is 9.15 Å². The van der Waals surface area contributed by atoms with E-state index in [1.54, 1.807) is 13.0 Å². The number of esters is 1. The van der Waals surface area contributed by atoms with Crippen molar-refractivity contribution in [3.63, 3.8) is 0 Å². The highest BCUT2D eigenvalue weighted by atomic mass is 32.2. The molecule has 168 valence electrons. The normalized spacial score (nSPS) is 15.9. The van der Waals surface area contributed by atoms with Gasteiger partial charge < -0.3 is 9.15 Å². The smallest absolute Gasteiger partial charge is 0.338 e. The summed E-state index contributed by atoms with van der Waals surface area (Å²) in [7, 11) is -3.64. The van der Waals surface area contributed by atoms with E-state index in [1.807, 2.05) is 31.2 Å². The van der Waals surface area contributed by atoms with Gasteiger partial charge in [-0.05, 0) is 57.0 Å². The minimum atomic E-state index is -3.64. The van der Waals surface area contributed by atoms with Crippen LogP contribution < -0.4 is 0 Å². The number of piperidine rings is 1. The Morgan fingerprint density at radius 2 is 1.78 bits per heavy atom. The molecule has 2 aromatic carbocycles. The fourth-order valence-electron chi connectivity index (χ4n) is 3.53. The van der Waals surface area contributed by atoms with Crippen molar-refractivity contribution >= 4 is 16.0 Å². The van der Waals surface area contributed by atoms with Gasteiger partial charge in [0.1, 0.15) is 0 Å². The second-order valence-corrected chi connectivity index (χ2v) is 9.79. The van der Waals surface area contributed by atoms with Gasteiger partial charge in [-0.3, -0.25) is 0 Å². The first kappa shape index (κ1) is 22.2. The molecule has 32 heavy (non-hydrogen) atoms. The van der Waals surface area contributed by atoms with Crippen LogP contribution >= 0.6 is 0 Å². The number of hydrogen-bond donors (Lipinski definition) is 0. The molecule has 1 aliphatic rings. The molecular formula is C23H25N3O5S. The quantitative estimate of drug-likeness (QED) is 0.515. The van der Waals surface area contributed by atoms with Crippen LogP contribution in [0.5, 0.6) is 0 Å². The summed E-state index contributed by atoms with van der Waals surface area (Å²) in [6, 6.07) is 13.5. The largest absolute Gasteiger partial charge is 0.449 e. The first-order valence-corrected chi connectivity index (χ1v) is 12.0. The number of aromatic nitrogens is 2.